The highest BCUT2D eigenvalue weighted by Crippen LogP contribution is 2.37. The lowest BCUT2D eigenvalue weighted by Gasteiger charge is -2.15. The molecular formula is C29H25NO4. The van der Waals surface area contributed by atoms with E-state index in [0.29, 0.717) is 40.3 Å². The minimum absolute atomic E-state index is 0.381. The molecule has 5 nitrogen and oxygen atoms in total. The lowest BCUT2D eigenvalue weighted by molar-refractivity contribution is 0.0602. The Morgan fingerprint density at radius 2 is 1.76 bits per heavy atom. The highest BCUT2D eigenvalue weighted by atomic mass is 16.5. The number of benzene rings is 3. The molecule has 170 valence electrons. The van der Waals surface area contributed by atoms with Crippen LogP contribution < -0.4 is 4.74 Å². The zero-order valence-electron chi connectivity index (χ0n) is 19.4. The van der Waals surface area contributed by atoms with E-state index in [1.54, 1.807) is 6.07 Å². The number of rotatable bonds is 6. The molecule has 0 spiro atoms. The van der Waals surface area contributed by atoms with Crippen molar-refractivity contribution in [3.8, 4) is 17.2 Å². The van der Waals surface area contributed by atoms with Crippen LogP contribution in [0.15, 0.2) is 77.2 Å². The summed E-state index contributed by atoms with van der Waals surface area (Å²) >= 11 is 0. The molecule has 2 aromatic heterocycles. The van der Waals surface area contributed by atoms with Crippen molar-refractivity contribution in [3.05, 3.63) is 95.1 Å². The van der Waals surface area contributed by atoms with E-state index >= 15 is 0 Å². The highest BCUT2D eigenvalue weighted by molar-refractivity contribution is 6.08. The number of furan rings is 1. The van der Waals surface area contributed by atoms with Gasteiger partial charge in [-0.1, -0.05) is 61.5 Å². The molecule has 0 saturated carbocycles. The van der Waals surface area contributed by atoms with Gasteiger partial charge in [-0.05, 0) is 42.7 Å². The molecule has 5 rings (SSSR count). The second-order valence-corrected chi connectivity index (χ2v) is 8.17. The normalized spacial score (nSPS) is 11.1. The molecule has 0 fully saturated rings. The summed E-state index contributed by atoms with van der Waals surface area (Å²) in [5, 5.41) is 1.68. The summed E-state index contributed by atoms with van der Waals surface area (Å²) in [4.78, 5) is 17.9. The summed E-state index contributed by atoms with van der Waals surface area (Å²) in [6.07, 6.45) is 0.756. The van der Waals surface area contributed by atoms with Crippen molar-refractivity contribution in [3.63, 3.8) is 0 Å². The number of nitrogens with zero attached hydrogens (tertiary/aromatic N) is 1. The number of methoxy groups -OCH3 is 1. The van der Waals surface area contributed by atoms with Gasteiger partial charge in [0.2, 0.25) is 0 Å². The van der Waals surface area contributed by atoms with Crippen LogP contribution >= 0.6 is 0 Å². The Hall–Kier alpha value is -4.12. The van der Waals surface area contributed by atoms with Gasteiger partial charge in [0.1, 0.15) is 23.6 Å². The molecule has 0 unspecified atom stereocenters. The van der Waals surface area contributed by atoms with E-state index in [-0.39, 0.29) is 0 Å². The van der Waals surface area contributed by atoms with Crippen LogP contribution in [-0.2, 0) is 17.8 Å². The summed E-state index contributed by atoms with van der Waals surface area (Å²) in [6, 6.07) is 23.5. The minimum atomic E-state index is -0.444. The van der Waals surface area contributed by atoms with Gasteiger partial charge in [0.05, 0.1) is 23.6 Å². The van der Waals surface area contributed by atoms with Gasteiger partial charge in [-0.2, -0.15) is 0 Å². The van der Waals surface area contributed by atoms with Crippen molar-refractivity contribution in [2.24, 2.45) is 0 Å². The van der Waals surface area contributed by atoms with E-state index in [1.807, 2.05) is 73.7 Å². The second kappa shape index (κ2) is 9.02. The lowest BCUT2D eigenvalue weighted by Crippen LogP contribution is -2.07. The number of aryl methyl sites for hydroxylation is 2. The number of esters is 1. The van der Waals surface area contributed by atoms with Crippen LogP contribution in [-0.4, -0.2) is 18.1 Å². The molecule has 0 bridgehead atoms. The lowest BCUT2D eigenvalue weighted by atomic mass is 10.00. The van der Waals surface area contributed by atoms with Crippen LogP contribution in [0.3, 0.4) is 0 Å². The fourth-order valence-electron chi connectivity index (χ4n) is 4.31. The average Bonchev–Trinajstić information content (AvgIpc) is 3.23. The molecule has 0 radical (unpaired) electrons. The number of hydrogen-bond acceptors (Lipinski definition) is 5. The van der Waals surface area contributed by atoms with Crippen LogP contribution in [0.4, 0.5) is 0 Å². The van der Waals surface area contributed by atoms with Gasteiger partial charge >= 0.3 is 5.97 Å². The van der Waals surface area contributed by atoms with Gasteiger partial charge in [-0.25, -0.2) is 9.78 Å². The molecule has 0 atom stereocenters. The zero-order valence-corrected chi connectivity index (χ0v) is 19.4. The number of para-hydroxylation sites is 1. The van der Waals surface area contributed by atoms with Crippen LogP contribution in [0, 0.1) is 6.92 Å². The summed E-state index contributed by atoms with van der Waals surface area (Å²) < 4.78 is 17.5. The number of pyridine rings is 1. The smallest absolute Gasteiger partial charge is 0.338 e. The van der Waals surface area contributed by atoms with E-state index in [9.17, 15) is 4.79 Å². The van der Waals surface area contributed by atoms with E-state index in [0.717, 1.165) is 34.1 Å². The maximum absolute atomic E-state index is 13.0. The van der Waals surface area contributed by atoms with Crippen molar-refractivity contribution in [2.75, 3.05) is 7.11 Å². The van der Waals surface area contributed by atoms with Crippen LogP contribution in [0.25, 0.3) is 33.3 Å². The molecule has 0 aliphatic carbocycles. The Kier molecular flexibility index (Phi) is 5.76. The SMILES string of the molecule is CCc1ccc(OCc2ccccc2)c2c(C(=O)OC)cc(-c3oc4ccccc4c3C)nc12. The second-order valence-electron chi connectivity index (χ2n) is 8.17. The molecule has 3 aromatic carbocycles. The molecule has 34 heavy (non-hydrogen) atoms. The molecule has 5 heteroatoms. The Morgan fingerprint density at radius 3 is 2.50 bits per heavy atom. The summed E-state index contributed by atoms with van der Waals surface area (Å²) in [5.74, 6) is 0.794. The molecule has 0 aliphatic heterocycles. The van der Waals surface area contributed by atoms with Gasteiger partial charge in [0.25, 0.3) is 0 Å². The van der Waals surface area contributed by atoms with E-state index in [1.165, 1.54) is 7.11 Å². The van der Waals surface area contributed by atoms with Crippen LogP contribution in [0.1, 0.15) is 34.0 Å². The number of aromatic nitrogens is 1. The Labute approximate surface area is 198 Å². The first-order valence-electron chi connectivity index (χ1n) is 11.3. The number of carbonyl (C=O) groups excluding carboxylic acids is 1. The maximum Gasteiger partial charge on any atom is 0.338 e. The third-order valence-electron chi connectivity index (χ3n) is 6.11. The monoisotopic (exact) mass is 451 g/mol. The van der Waals surface area contributed by atoms with Crippen molar-refractivity contribution in [1.82, 2.24) is 4.98 Å². The fraction of sp³-hybridized carbons (Fsp3) is 0.172. The van der Waals surface area contributed by atoms with Crippen LogP contribution in [0.2, 0.25) is 0 Å². The Bertz CT molecular complexity index is 1500. The van der Waals surface area contributed by atoms with Gasteiger partial charge in [-0.15, -0.1) is 0 Å². The first kappa shape index (κ1) is 21.7. The number of fused-ring (bicyclic) bond motifs is 2. The van der Waals surface area contributed by atoms with Crippen LogP contribution in [0.5, 0.6) is 5.75 Å². The molecule has 0 saturated heterocycles. The average molecular weight is 452 g/mol. The van der Waals surface area contributed by atoms with E-state index < -0.39 is 5.97 Å². The largest absolute Gasteiger partial charge is 0.488 e. The maximum atomic E-state index is 13.0. The first-order valence-corrected chi connectivity index (χ1v) is 11.3. The summed E-state index contributed by atoms with van der Waals surface area (Å²) in [5.41, 5.74) is 5.53. The minimum Gasteiger partial charge on any atom is -0.488 e. The van der Waals surface area contributed by atoms with Crippen molar-refractivity contribution in [1.29, 1.82) is 0 Å². The molecule has 5 aromatic rings. The van der Waals surface area contributed by atoms with Gasteiger partial charge in [0, 0.05) is 10.9 Å². The Balaban J connectivity index is 1.72. The standard InChI is InChI=1S/C29H25NO4/c1-4-20-14-15-25(33-17-19-10-6-5-7-11-19)26-22(29(31)32-3)16-23(30-27(20)26)28-18(2)21-12-8-9-13-24(21)34-28/h5-16H,4,17H2,1-3H3. The number of ether oxygens (including phenoxy) is 2. The number of carbonyl (C=O) groups is 1. The molecule has 0 amide bonds. The van der Waals surface area contributed by atoms with Crippen molar-refractivity contribution in [2.45, 2.75) is 26.9 Å². The van der Waals surface area contributed by atoms with E-state index in [4.69, 9.17) is 18.9 Å². The van der Waals surface area contributed by atoms with Crippen molar-refractivity contribution >= 4 is 27.8 Å². The van der Waals surface area contributed by atoms with Gasteiger partial charge in [0.15, 0.2) is 5.76 Å². The van der Waals surface area contributed by atoms with Gasteiger partial charge < -0.3 is 13.9 Å². The Morgan fingerprint density at radius 1 is 1.00 bits per heavy atom. The highest BCUT2D eigenvalue weighted by Gasteiger charge is 2.22. The summed E-state index contributed by atoms with van der Waals surface area (Å²) in [6.45, 7) is 4.45. The third-order valence-corrected chi connectivity index (χ3v) is 6.11. The predicted molar refractivity (Wildman–Crippen MR) is 133 cm³/mol. The van der Waals surface area contributed by atoms with E-state index in [2.05, 4.69) is 6.92 Å². The van der Waals surface area contributed by atoms with Crippen molar-refractivity contribution < 1.29 is 18.7 Å². The number of hydrogen-bond donors (Lipinski definition) is 0. The molecule has 2 heterocycles. The third kappa shape index (κ3) is 3.79. The zero-order chi connectivity index (χ0) is 23.7. The topological polar surface area (TPSA) is 61.6 Å². The molecular weight excluding hydrogens is 426 g/mol. The first-order chi connectivity index (χ1) is 16.6. The quantitative estimate of drug-likeness (QED) is 0.263. The van der Waals surface area contributed by atoms with Gasteiger partial charge in [-0.3, -0.25) is 0 Å². The molecule has 0 N–H and O–H groups in total. The summed E-state index contributed by atoms with van der Waals surface area (Å²) in [7, 11) is 1.38. The fourth-order valence-corrected chi connectivity index (χ4v) is 4.31. The molecule has 0 aliphatic rings. The predicted octanol–water partition coefficient (Wildman–Crippen LogP) is 6.88.